The molecule has 3 aliphatic carbocycles. The molecular weight excluding hydrogens is 340 g/mol. The van der Waals surface area contributed by atoms with E-state index >= 15 is 0 Å². The van der Waals surface area contributed by atoms with Crippen molar-refractivity contribution >= 4 is 14.1 Å². The molecule has 148 valence electrons. The molecule has 0 aliphatic heterocycles. The molecule has 3 aliphatic rings. The highest BCUT2D eigenvalue weighted by Crippen LogP contribution is 2.56. The quantitative estimate of drug-likeness (QED) is 0.461. The lowest BCUT2D eigenvalue weighted by atomic mass is 9.62. The molecule has 0 N–H and O–H groups in total. The van der Waals surface area contributed by atoms with Gasteiger partial charge < -0.3 is 9.16 Å². The predicted octanol–water partition coefficient (Wildman–Crippen LogP) is 5.36. The molecule has 3 rings (SSSR count). The summed E-state index contributed by atoms with van der Waals surface area (Å²) in [7, 11) is -1.56. The van der Waals surface area contributed by atoms with E-state index in [1.807, 2.05) is 0 Å². The van der Waals surface area contributed by atoms with Crippen molar-refractivity contribution in [1.29, 1.82) is 0 Å². The molecule has 0 aromatic heterocycles. The second kappa shape index (κ2) is 7.18. The molecule has 0 bridgehead atoms. The van der Waals surface area contributed by atoms with Gasteiger partial charge in [0.2, 0.25) is 0 Å². The lowest BCUT2D eigenvalue weighted by Gasteiger charge is -2.42. The fourth-order valence-electron chi connectivity index (χ4n) is 6.03. The van der Waals surface area contributed by atoms with Crippen LogP contribution in [0.2, 0.25) is 19.6 Å². The largest absolute Gasteiger partial charge is 0.409 e. The number of fused-ring (bicyclic) bond motifs is 1. The number of carbonyl (C=O) groups is 1. The number of ether oxygens (including phenoxy) is 1. The molecule has 2 fully saturated rings. The lowest BCUT2D eigenvalue weighted by molar-refractivity contribution is -0.130. The van der Waals surface area contributed by atoms with Crippen molar-refractivity contribution in [3.8, 4) is 0 Å². The van der Waals surface area contributed by atoms with Crippen molar-refractivity contribution in [2.24, 2.45) is 23.2 Å². The van der Waals surface area contributed by atoms with Gasteiger partial charge in [0.25, 0.3) is 0 Å². The van der Waals surface area contributed by atoms with Crippen LogP contribution in [0.1, 0.15) is 59.3 Å². The van der Waals surface area contributed by atoms with Crippen LogP contribution in [0.5, 0.6) is 0 Å². The van der Waals surface area contributed by atoms with Gasteiger partial charge in [-0.15, -0.1) is 0 Å². The number of Topliss-reactive ketones (excluding diaryl/α,β-unsaturated/α-hetero) is 1. The first-order valence-corrected chi connectivity index (χ1v) is 14.0. The Bertz CT molecular complexity index is 566. The first-order chi connectivity index (χ1) is 12.0. The molecule has 0 spiro atoms. The van der Waals surface area contributed by atoms with E-state index in [0.29, 0.717) is 23.5 Å². The molecule has 6 atom stereocenters. The smallest absolute Gasteiger partial charge is 0.184 e. The molecule has 0 saturated heterocycles. The summed E-state index contributed by atoms with van der Waals surface area (Å²) in [4.78, 5) is 12.4. The number of hydrogen-bond donors (Lipinski definition) is 0. The van der Waals surface area contributed by atoms with Crippen LogP contribution in [0.25, 0.3) is 0 Å². The van der Waals surface area contributed by atoms with Gasteiger partial charge in [0.15, 0.2) is 8.32 Å². The molecule has 1 unspecified atom stereocenters. The van der Waals surface area contributed by atoms with Crippen LogP contribution in [0, 0.1) is 23.2 Å². The Kier molecular flexibility index (Phi) is 5.60. The topological polar surface area (TPSA) is 35.5 Å². The summed E-state index contributed by atoms with van der Waals surface area (Å²) in [5.74, 6) is 1.96. The van der Waals surface area contributed by atoms with Crippen LogP contribution >= 0.6 is 0 Å². The number of carbonyl (C=O) groups excluding carboxylic acids is 1. The van der Waals surface area contributed by atoms with E-state index in [1.165, 1.54) is 12.8 Å². The third-order valence-corrected chi connectivity index (χ3v) is 8.08. The first kappa shape index (κ1) is 20.3. The molecular formula is C22H38O3Si. The number of rotatable bonds is 6. The Morgan fingerprint density at radius 2 is 2.00 bits per heavy atom. The zero-order valence-corrected chi connectivity index (χ0v) is 18.6. The fourth-order valence-corrected chi connectivity index (χ4v) is 7.58. The Morgan fingerprint density at radius 1 is 1.27 bits per heavy atom. The lowest BCUT2D eigenvalue weighted by Crippen LogP contribution is -2.40. The summed E-state index contributed by atoms with van der Waals surface area (Å²) >= 11 is 0. The minimum Gasteiger partial charge on any atom is -0.409 e. The van der Waals surface area contributed by atoms with Gasteiger partial charge >= 0.3 is 0 Å². The van der Waals surface area contributed by atoms with Crippen molar-refractivity contribution in [1.82, 2.24) is 0 Å². The van der Waals surface area contributed by atoms with E-state index in [1.54, 1.807) is 0 Å². The summed E-state index contributed by atoms with van der Waals surface area (Å²) < 4.78 is 12.7. The molecule has 2 saturated carbocycles. The van der Waals surface area contributed by atoms with E-state index in [9.17, 15) is 4.79 Å². The van der Waals surface area contributed by atoms with Crippen molar-refractivity contribution in [3.63, 3.8) is 0 Å². The Hall–Kier alpha value is -0.453. The molecule has 0 aromatic carbocycles. The van der Waals surface area contributed by atoms with Gasteiger partial charge in [-0.05, 0) is 69.5 Å². The summed E-state index contributed by atoms with van der Waals surface area (Å²) in [6.45, 7) is 14.4. The van der Waals surface area contributed by atoms with Crippen LogP contribution in [0.15, 0.2) is 12.2 Å². The average molecular weight is 379 g/mol. The molecule has 3 nitrogen and oxygen atoms in total. The van der Waals surface area contributed by atoms with Crippen LogP contribution in [0.4, 0.5) is 0 Å². The zero-order valence-electron chi connectivity index (χ0n) is 17.6. The maximum atomic E-state index is 12.4. The molecule has 0 aromatic rings. The third-order valence-electron chi connectivity index (χ3n) is 7.01. The van der Waals surface area contributed by atoms with E-state index < -0.39 is 8.32 Å². The monoisotopic (exact) mass is 378 g/mol. The number of ketones is 1. The minimum atomic E-state index is -1.56. The number of hydrogen-bond acceptors (Lipinski definition) is 3. The van der Waals surface area contributed by atoms with Crippen LogP contribution < -0.4 is 0 Å². The van der Waals surface area contributed by atoms with Gasteiger partial charge in [0.05, 0.1) is 18.3 Å². The van der Waals surface area contributed by atoms with Crippen LogP contribution in [-0.2, 0) is 14.0 Å². The highest BCUT2D eigenvalue weighted by atomic mass is 28.4. The maximum absolute atomic E-state index is 12.4. The third kappa shape index (κ3) is 4.17. The predicted molar refractivity (Wildman–Crippen MR) is 109 cm³/mol. The van der Waals surface area contributed by atoms with Gasteiger partial charge in [-0.25, -0.2) is 0 Å². The van der Waals surface area contributed by atoms with Crippen molar-refractivity contribution in [3.05, 3.63) is 12.2 Å². The highest BCUT2D eigenvalue weighted by molar-refractivity contribution is 6.69. The summed E-state index contributed by atoms with van der Waals surface area (Å²) in [6.07, 6.45) is 10.9. The molecule has 0 amide bonds. The average Bonchev–Trinajstić information content (AvgIpc) is 3.04. The Labute approximate surface area is 161 Å². The van der Waals surface area contributed by atoms with Gasteiger partial charge in [-0.2, -0.15) is 0 Å². The molecule has 0 heterocycles. The van der Waals surface area contributed by atoms with Crippen LogP contribution in [0.3, 0.4) is 0 Å². The van der Waals surface area contributed by atoms with E-state index in [0.717, 1.165) is 32.3 Å². The zero-order chi connectivity index (χ0) is 19.2. The minimum absolute atomic E-state index is 0.164. The highest BCUT2D eigenvalue weighted by Gasteiger charge is 2.52. The van der Waals surface area contributed by atoms with E-state index in [-0.39, 0.29) is 17.1 Å². The van der Waals surface area contributed by atoms with Gasteiger partial charge in [0, 0.05) is 18.8 Å². The summed E-state index contributed by atoms with van der Waals surface area (Å²) in [6, 6.07) is 0. The molecule has 26 heavy (non-hydrogen) atoms. The van der Waals surface area contributed by atoms with Crippen molar-refractivity contribution < 1.29 is 14.0 Å². The molecule has 4 heteroatoms. The van der Waals surface area contributed by atoms with Gasteiger partial charge in [-0.3, -0.25) is 4.79 Å². The summed E-state index contributed by atoms with van der Waals surface area (Å²) in [5, 5.41) is 0. The second-order valence-electron chi connectivity index (χ2n) is 10.5. The van der Waals surface area contributed by atoms with Crippen molar-refractivity contribution in [2.45, 2.75) is 90.6 Å². The fraction of sp³-hybridized carbons (Fsp3) is 0.864. The molecule has 0 radical (unpaired) electrons. The second-order valence-corrected chi connectivity index (χ2v) is 14.9. The summed E-state index contributed by atoms with van der Waals surface area (Å²) in [5.41, 5.74) is 0.0394. The van der Waals surface area contributed by atoms with Gasteiger partial charge in [-0.1, -0.05) is 26.0 Å². The Balaban J connectivity index is 1.53. The SMILES string of the molecule is C[C@@H](CO[C@H]1C=C[C@](C)(O[Si](C)(C)C)C1)[C@H]1CCC2C(=O)CCC[C@@]21C. The Morgan fingerprint density at radius 3 is 2.69 bits per heavy atom. The van der Waals surface area contributed by atoms with E-state index in [4.69, 9.17) is 9.16 Å². The normalized spacial score (nSPS) is 41.5. The van der Waals surface area contributed by atoms with E-state index in [2.05, 4.69) is 52.6 Å². The standard InChI is InChI=1S/C22H38O3Si/c1-16(18-9-10-19-20(23)8-7-12-22(18,19)3)15-24-17-11-13-21(2,14-17)25-26(4,5)6/h11,13,16-19H,7-10,12,14-15H2,1-6H3/t16-,17-,18+,19?,21-,22+/m0/s1. The first-order valence-electron chi connectivity index (χ1n) is 10.6. The van der Waals surface area contributed by atoms with Crippen molar-refractivity contribution in [2.75, 3.05) is 6.61 Å². The van der Waals surface area contributed by atoms with Crippen LogP contribution in [-0.4, -0.2) is 32.4 Å². The maximum Gasteiger partial charge on any atom is 0.184 e. The van der Waals surface area contributed by atoms with Gasteiger partial charge in [0.1, 0.15) is 5.78 Å².